The minimum absolute atomic E-state index is 0.0607. The topological polar surface area (TPSA) is 63.1 Å². The van der Waals surface area contributed by atoms with Gasteiger partial charge in [-0.05, 0) is 31.2 Å². The summed E-state index contributed by atoms with van der Waals surface area (Å²) in [6.07, 6.45) is 0. The molecule has 92 valence electrons. The van der Waals surface area contributed by atoms with E-state index in [0.29, 0.717) is 11.3 Å². The van der Waals surface area contributed by atoms with Crippen molar-refractivity contribution in [2.24, 2.45) is 0 Å². The smallest absolute Gasteiger partial charge is 0.354 e. The summed E-state index contributed by atoms with van der Waals surface area (Å²) < 4.78 is 13.0. The van der Waals surface area contributed by atoms with Gasteiger partial charge in [-0.25, -0.2) is 19.2 Å². The number of hydrogen-bond acceptors (Lipinski definition) is 3. The largest absolute Gasteiger partial charge is 0.477 e. The summed E-state index contributed by atoms with van der Waals surface area (Å²) in [5.41, 5.74) is 0.864. The van der Waals surface area contributed by atoms with Crippen molar-refractivity contribution in [3.63, 3.8) is 0 Å². The average molecular weight is 267 g/mol. The third-order valence-electron chi connectivity index (χ3n) is 2.25. The van der Waals surface area contributed by atoms with Crippen LogP contribution >= 0.6 is 11.6 Å². The normalized spacial score (nSPS) is 10.4. The van der Waals surface area contributed by atoms with E-state index >= 15 is 0 Å². The van der Waals surface area contributed by atoms with Crippen LogP contribution in [-0.4, -0.2) is 21.0 Å². The van der Waals surface area contributed by atoms with E-state index in [0.717, 1.165) is 0 Å². The summed E-state index contributed by atoms with van der Waals surface area (Å²) in [5, 5.41) is 8.84. The highest BCUT2D eigenvalue weighted by atomic mass is 35.5. The third kappa shape index (κ3) is 2.46. The zero-order valence-corrected chi connectivity index (χ0v) is 10.1. The van der Waals surface area contributed by atoms with E-state index in [1.807, 2.05) is 0 Å². The second-order valence-corrected chi connectivity index (χ2v) is 4.06. The number of aromatic nitrogens is 2. The van der Waals surface area contributed by atoms with Crippen molar-refractivity contribution < 1.29 is 14.3 Å². The molecule has 0 bridgehead atoms. The molecule has 0 atom stereocenters. The minimum atomic E-state index is -1.14. The lowest BCUT2D eigenvalue weighted by molar-refractivity contribution is 0.0690. The Balaban J connectivity index is 2.56. The Morgan fingerprint density at radius 2 is 2.06 bits per heavy atom. The Bertz CT molecular complexity index is 631. The first-order valence-corrected chi connectivity index (χ1v) is 5.39. The molecule has 0 unspecified atom stereocenters. The molecule has 0 aliphatic rings. The molecule has 0 aliphatic carbocycles. The Morgan fingerprint density at radius 1 is 1.33 bits per heavy atom. The number of aromatic carboxylic acids is 1. The Kier molecular flexibility index (Phi) is 3.25. The van der Waals surface area contributed by atoms with E-state index < -0.39 is 11.8 Å². The molecule has 0 radical (unpaired) electrons. The van der Waals surface area contributed by atoms with Crippen LogP contribution in [-0.2, 0) is 0 Å². The van der Waals surface area contributed by atoms with E-state index in [4.69, 9.17) is 16.7 Å². The van der Waals surface area contributed by atoms with Gasteiger partial charge in [0.15, 0.2) is 11.5 Å². The number of carbonyl (C=O) groups is 1. The summed E-state index contributed by atoms with van der Waals surface area (Å²) in [5.74, 6) is -1.49. The molecule has 6 heteroatoms. The van der Waals surface area contributed by atoms with E-state index in [9.17, 15) is 9.18 Å². The maximum atomic E-state index is 13.0. The van der Waals surface area contributed by atoms with Crippen molar-refractivity contribution in [1.82, 2.24) is 9.97 Å². The first kappa shape index (κ1) is 12.4. The van der Waals surface area contributed by atoms with Gasteiger partial charge in [-0.15, -0.1) is 0 Å². The van der Waals surface area contributed by atoms with Crippen LogP contribution in [0.25, 0.3) is 11.4 Å². The molecular formula is C12H8ClFN2O2. The van der Waals surface area contributed by atoms with Crippen LogP contribution in [0, 0.1) is 12.7 Å². The van der Waals surface area contributed by atoms with Crippen LogP contribution in [0.1, 0.15) is 16.2 Å². The SMILES string of the molecule is Cc1cc(C(=O)O)nc(-c2ccc(F)c(Cl)c2)n1. The zero-order chi connectivity index (χ0) is 13.3. The minimum Gasteiger partial charge on any atom is -0.477 e. The number of hydrogen-bond donors (Lipinski definition) is 1. The molecule has 0 fully saturated rings. The lowest BCUT2D eigenvalue weighted by Gasteiger charge is -2.04. The fraction of sp³-hybridized carbons (Fsp3) is 0.0833. The number of carboxylic acid groups (broad SMARTS) is 1. The van der Waals surface area contributed by atoms with E-state index in [1.165, 1.54) is 24.3 Å². The fourth-order valence-corrected chi connectivity index (χ4v) is 1.62. The lowest BCUT2D eigenvalue weighted by atomic mass is 10.2. The number of benzene rings is 1. The molecule has 4 nitrogen and oxygen atoms in total. The predicted molar refractivity (Wildman–Crippen MR) is 64.1 cm³/mol. The first-order chi connectivity index (χ1) is 8.47. The van der Waals surface area contributed by atoms with Gasteiger partial charge in [-0.3, -0.25) is 0 Å². The van der Waals surface area contributed by atoms with Gasteiger partial charge in [0.05, 0.1) is 5.02 Å². The van der Waals surface area contributed by atoms with Gasteiger partial charge >= 0.3 is 5.97 Å². The molecule has 2 rings (SSSR count). The van der Waals surface area contributed by atoms with Gasteiger partial charge in [0, 0.05) is 11.3 Å². The van der Waals surface area contributed by atoms with Crippen molar-refractivity contribution in [3.05, 3.63) is 46.5 Å². The summed E-state index contributed by atoms with van der Waals surface area (Å²) in [6.45, 7) is 1.66. The maximum absolute atomic E-state index is 13.0. The highest BCUT2D eigenvalue weighted by Gasteiger charge is 2.11. The first-order valence-electron chi connectivity index (χ1n) is 5.02. The number of carboxylic acids is 1. The molecule has 0 spiro atoms. The molecule has 1 N–H and O–H groups in total. The van der Waals surface area contributed by atoms with Crippen molar-refractivity contribution >= 4 is 17.6 Å². The van der Waals surface area contributed by atoms with Gasteiger partial charge in [0.25, 0.3) is 0 Å². The number of rotatable bonds is 2. The summed E-state index contributed by atoms with van der Waals surface area (Å²) in [7, 11) is 0. The number of nitrogens with zero attached hydrogens (tertiary/aromatic N) is 2. The van der Waals surface area contributed by atoms with Crippen LogP contribution in [0.4, 0.5) is 4.39 Å². The van der Waals surface area contributed by atoms with Crippen molar-refractivity contribution in [3.8, 4) is 11.4 Å². The molecule has 18 heavy (non-hydrogen) atoms. The highest BCUT2D eigenvalue weighted by molar-refractivity contribution is 6.31. The van der Waals surface area contributed by atoms with Gasteiger partial charge in [0.1, 0.15) is 5.82 Å². The quantitative estimate of drug-likeness (QED) is 0.908. The Labute approximate surface area is 107 Å². The highest BCUT2D eigenvalue weighted by Crippen LogP contribution is 2.22. The van der Waals surface area contributed by atoms with Gasteiger partial charge in [-0.1, -0.05) is 11.6 Å². The molecule has 1 aromatic heterocycles. The Morgan fingerprint density at radius 3 is 2.67 bits per heavy atom. The third-order valence-corrected chi connectivity index (χ3v) is 2.54. The van der Waals surface area contributed by atoms with Gasteiger partial charge < -0.3 is 5.11 Å². The number of halogens is 2. The maximum Gasteiger partial charge on any atom is 0.354 e. The second-order valence-electron chi connectivity index (χ2n) is 3.65. The van der Waals surface area contributed by atoms with E-state index in [-0.39, 0.29) is 16.5 Å². The van der Waals surface area contributed by atoms with Crippen LogP contribution < -0.4 is 0 Å². The van der Waals surface area contributed by atoms with E-state index in [2.05, 4.69) is 9.97 Å². The van der Waals surface area contributed by atoms with Crippen LogP contribution in [0.15, 0.2) is 24.3 Å². The van der Waals surface area contributed by atoms with Crippen molar-refractivity contribution in [2.45, 2.75) is 6.92 Å². The molecule has 0 aliphatic heterocycles. The predicted octanol–water partition coefficient (Wildman–Crippen LogP) is 2.94. The molecule has 0 saturated heterocycles. The average Bonchev–Trinajstić information content (AvgIpc) is 2.31. The van der Waals surface area contributed by atoms with Crippen molar-refractivity contribution in [2.75, 3.05) is 0 Å². The van der Waals surface area contributed by atoms with Crippen LogP contribution in [0.2, 0.25) is 5.02 Å². The summed E-state index contributed by atoms with van der Waals surface area (Å²) in [6, 6.07) is 5.35. The molecule has 2 aromatic rings. The standard InChI is InChI=1S/C12H8ClFN2O2/c1-6-4-10(12(17)18)16-11(15-6)7-2-3-9(14)8(13)5-7/h2-5H,1H3,(H,17,18). The van der Waals surface area contributed by atoms with Crippen LogP contribution in [0.3, 0.4) is 0 Å². The summed E-state index contributed by atoms with van der Waals surface area (Å²) in [4.78, 5) is 18.9. The zero-order valence-electron chi connectivity index (χ0n) is 9.32. The molecule has 1 heterocycles. The fourth-order valence-electron chi connectivity index (χ4n) is 1.44. The van der Waals surface area contributed by atoms with Gasteiger partial charge in [-0.2, -0.15) is 0 Å². The van der Waals surface area contributed by atoms with Crippen LogP contribution in [0.5, 0.6) is 0 Å². The molecule has 1 aromatic carbocycles. The van der Waals surface area contributed by atoms with E-state index in [1.54, 1.807) is 6.92 Å². The Hall–Kier alpha value is -2.01. The lowest BCUT2D eigenvalue weighted by Crippen LogP contribution is -2.04. The number of aryl methyl sites for hydroxylation is 1. The molecular weight excluding hydrogens is 259 g/mol. The summed E-state index contributed by atoms with van der Waals surface area (Å²) >= 11 is 5.66. The molecule has 0 amide bonds. The monoisotopic (exact) mass is 266 g/mol. The molecule has 0 saturated carbocycles. The second kappa shape index (κ2) is 4.70. The van der Waals surface area contributed by atoms with Crippen molar-refractivity contribution in [1.29, 1.82) is 0 Å². The van der Waals surface area contributed by atoms with Gasteiger partial charge in [0.2, 0.25) is 0 Å².